The Bertz CT molecular complexity index is 1330. The highest BCUT2D eigenvalue weighted by atomic mass is 16.5. The number of rotatable bonds is 6. The first kappa shape index (κ1) is 18.0. The molecule has 0 saturated heterocycles. The van der Waals surface area contributed by atoms with E-state index in [2.05, 4.69) is 25.4 Å². The maximum Gasteiger partial charge on any atom is 0.254 e. The third-order valence-electron chi connectivity index (χ3n) is 4.54. The first-order chi connectivity index (χ1) is 14.8. The van der Waals surface area contributed by atoms with E-state index in [-0.39, 0.29) is 0 Å². The number of aromatic nitrogens is 5. The summed E-state index contributed by atoms with van der Waals surface area (Å²) < 4.78 is 13.0. The summed E-state index contributed by atoms with van der Waals surface area (Å²) in [6.45, 7) is 0.385. The highest BCUT2D eigenvalue weighted by Gasteiger charge is 2.09. The first-order valence-corrected chi connectivity index (χ1v) is 9.37. The average Bonchev–Trinajstić information content (AvgIpc) is 3.24. The first-order valence-electron chi connectivity index (χ1n) is 9.37. The second-order valence-corrected chi connectivity index (χ2v) is 6.62. The SMILES string of the molecule is COCc1cc(Nc2cccc(Oc3ccnc4ccccc34)c2)n2ncnc2n1. The molecule has 0 aliphatic carbocycles. The molecule has 3 aromatic heterocycles. The standard InChI is InChI=1S/C22H18N6O2/c1-29-13-16-12-21(28-22(27-16)24-14-25-28)26-15-5-4-6-17(11-15)30-20-9-10-23-19-8-3-2-7-18(19)20/h2-12,14,26H,13H2,1H3. The summed E-state index contributed by atoms with van der Waals surface area (Å²) in [5, 5.41) is 8.57. The van der Waals surface area contributed by atoms with Gasteiger partial charge in [-0.3, -0.25) is 4.98 Å². The fourth-order valence-corrected chi connectivity index (χ4v) is 3.24. The second-order valence-electron chi connectivity index (χ2n) is 6.62. The lowest BCUT2D eigenvalue weighted by Gasteiger charge is -2.12. The molecule has 1 N–H and O–H groups in total. The van der Waals surface area contributed by atoms with E-state index in [1.807, 2.05) is 60.7 Å². The number of ether oxygens (including phenoxy) is 2. The van der Waals surface area contributed by atoms with Crippen molar-refractivity contribution in [2.45, 2.75) is 6.61 Å². The smallest absolute Gasteiger partial charge is 0.254 e. The number of para-hydroxylation sites is 1. The van der Waals surface area contributed by atoms with Crippen molar-refractivity contribution < 1.29 is 9.47 Å². The lowest BCUT2D eigenvalue weighted by molar-refractivity contribution is 0.181. The Morgan fingerprint density at radius 1 is 1.00 bits per heavy atom. The van der Waals surface area contributed by atoms with E-state index in [0.717, 1.165) is 33.9 Å². The van der Waals surface area contributed by atoms with Crippen LogP contribution >= 0.6 is 0 Å². The lowest BCUT2D eigenvalue weighted by Crippen LogP contribution is -2.04. The molecule has 30 heavy (non-hydrogen) atoms. The van der Waals surface area contributed by atoms with E-state index in [9.17, 15) is 0 Å². The van der Waals surface area contributed by atoms with E-state index < -0.39 is 0 Å². The molecule has 148 valence electrons. The lowest BCUT2D eigenvalue weighted by atomic mass is 10.2. The number of nitrogens with one attached hydrogen (secondary N) is 1. The van der Waals surface area contributed by atoms with Gasteiger partial charge in [-0.1, -0.05) is 18.2 Å². The van der Waals surface area contributed by atoms with Gasteiger partial charge in [0, 0.05) is 36.5 Å². The summed E-state index contributed by atoms with van der Waals surface area (Å²) in [6, 6.07) is 19.4. The number of hydrogen-bond acceptors (Lipinski definition) is 7. The number of methoxy groups -OCH3 is 1. The summed E-state index contributed by atoms with van der Waals surface area (Å²) in [5.41, 5.74) is 2.49. The van der Waals surface area contributed by atoms with Crippen molar-refractivity contribution in [2.75, 3.05) is 12.4 Å². The maximum absolute atomic E-state index is 6.16. The molecule has 0 aliphatic rings. The number of pyridine rings is 1. The van der Waals surface area contributed by atoms with Crippen molar-refractivity contribution in [2.24, 2.45) is 0 Å². The molecule has 0 fully saturated rings. The maximum atomic E-state index is 6.16. The van der Waals surface area contributed by atoms with Crippen LogP contribution in [0, 0.1) is 0 Å². The summed E-state index contributed by atoms with van der Waals surface area (Å²) >= 11 is 0. The molecule has 0 amide bonds. The number of fused-ring (bicyclic) bond motifs is 2. The molecule has 0 bridgehead atoms. The van der Waals surface area contributed by atoms with Crippen LogP contribution in [0.15, 0.2) is 73.2 Å². The van der Waals surface area contributed by atoms with Crippen molar-refractivity contribution >= 4 is 28.2 Å². The van der Waals surface area contributed by atoms with Gasteiger partial charge in [0.1, 0.15) is 23.6 Å². The number of nitrogens with zero attached hydrogens (tertiary/aromatic N) is 5. The highest BCUT2D eigenvalue weighted by Crippen LogP contribution is 2.30. The predicted molar refractivity (Wildman–Crippen MR) is 113 cm³/mol. The van der Waals surface area contributed by atoms with Gasteiger partial charge in [0.15, 0.2) is 0 Å². The molecular weight excluding hydrogens is 380 g/mol. The Balaban J connectivity index is 1.46. The Kier molecular flexibility index (Phi) is 4.66. The van der Waals surface area contributed by atoms with Crippen molar-refractivity contribution in [3.8, 4) is 11.5 Å². The van der Waals surface area contributed by atoms with E-state index in [1.165, 1.54) is 6.33 Å². The van der Waals surface area contributed by atoms with Crippen LogP contribution in [0.3, 0.4) is 0 Å². The Labute approximate surface area is 172 Å². The normalized spacial score (nSPS) is 11.1. The molecule has 8 nitrogen and oxygen atoms in total. The summed E-state index contributed by atoms with van der Waals surface area (Å²) in [4.78, 5) is 13.0. The van der Waals surface area contributed by atoms with Crippen molar-refractivity contribution in [1.29, 1.82) is 0 Å². The van der Waals surface area contributed by atoms with Crippen LogP contribution < -0.4 is 10.1 Å². The topological polar surface area (TPSA) is 86.5 Å². The van der Waals surface area contributed by atoms with Crippen LogP contribution in [0.25, 0.3) is 16.7 Å². The zero-order valence-electron chi connectivity index (χ0n) is 16.2. The van der Waals surface area contributed by atoms with Gasteiger partial charge in [0.2, 0.25) is 0 Å². The third kappa shape index (κ3) is 3.51. The summed E-state index contributed by atoms with van der Waals surface area (Å²) in [5.74, 6) is 2.69. The number of anilines is 2. The van der Waals surface area contributed by atoms with E-state index >= 15 is 0 Å². The van der Waals surface area contributed by atoms with Gasteiger partial charge in [-0.25, -0.2) is 4.98 Å². The quantitative estimate of drug-likeness (QED) is 0.455. The van der Waals surface area contributed by atoms with Crippen LogP contribution in [0.4, 0.5) is 11.5 Å². The van der Waals surface area contributed by atoms with Crippen LogP contribution in [0.5, 0.6) is 11.5 Å². The predicted octanol–water partition coefficient (Wildman–Crippen LogP) is 4.35. The molecule has 5 aromatic rings. The minimum atomic E-state index is 0.385. The van der Waals surface area contributed by atoms with Gasteiger partial charge in [0.25, 0.3) is 5.78 Å². The fraction of sp³-hybridized carbons (Fsp3) is 0.0909. The van der Waals surface area contributed by atoms with Crippen molar-refractivity contribution in [3.63, 3.8) is 0 Å². The highest BCUT2D eigenvalue weighted by molar-refractivity contribution is 5.85. The molecule has 3 heterocycles. The minimum Gasteiger partial charge on any atom is -0.457 e. The van der Waals surface area contributed by atoms with Crippen molar-refractivity contribution in [1.82, 2.24) is 24.6 Å². The van der Waals surface area contributed by atoms with Gasteiger partial charge in [0.05, 0.1) is 17.8 Å². The van der Waals surface area contributed by atoms with Crippen LogP contribution in [0.1, 0.15) is 5.69 Å². The van der Waals surface area contributed by atoms with E-state index in [1.54, 1.807) is 17.8 Å². The molecule has 8 heteroatoms. The minimum absolute atomic E-state index is 0.385. The van der Waals surface area contributed by atoms with Crippen LogP contribution in [-0.4, -0.2) is 31.7 Å². The van der Waals surface area contributed by atoms with E-state index in [4.69, 9.17) is 9.47 Å². The number of benzene rings is 2. The fourth-order valence-electron chi connectivity index (χ4n) is 3.24. The molecule has 5 rings (SSSR count). The van der Waals surface area contributed by atoms with Gasteiger partial charge in [-0.15, -0.1) is 0 Å². The monoisotopic (exact) mass is 398 g/mol. The molecule has 0 aliphatic heterocycles. The Morgan fingerprint density at radius 3 is 2.87 bits per heavy atom. The Hall–Kier alpha value is -4.04. The largest absolute Gasteiger partial charge is 0.457 e. The van der Waals surface area contributed by atoms with Gasteiger partial charge >= 0.3 is 0 Å². The molecule has 0 radical (unpaired) electrons. The molecule has 0 saturated carbocycles. The molecule has 0 atom stereocenters. The van der Waals surface area contributed by atoms with Crippen LogP contribution in [-0.2, 0) is 11.3 Å². The Morgan fingerprint density at radius 2 is 1.93 bits per heavy atom. The third-order valence-corrected chi connectivity index (χ3v) is 4.54. The second kappa shape index (κ2) is 7.76. The van der Waals surface area contributed by atoms with Crippen LogP contribution in [0.2, 0.25) is 0 Å². The zero-order valence-corrected chi connectivity index (χ0v) is 16.2. The number of hydrogen-bond donors (Lipinski definition) is 1. The molecular formula is C22H18N6O2. The molecule has 2 aromatic carbocycles. The summed E-state index contributed by atoms with van der Waals surface area (Å²) in [7, 11) is 1.63. The van der Waals surface area contributed by atoms with Crippen molar-refractivity contribution in [3.05, 3.63) is 78.9 Å². The van der Waals surface area contributed by atoms with Gasteiger partial charge in [-0.2, -0.15) is 14.6 Å². The molecule has 0 unspecified atom stereocenters. The molecule has 0 spiro atoms. The van der Waals surface area contributed by atoms with E-state index in [0.29, 0.717) is 18.1 Å². The average molecular weight is 398 g/mol. The van der Waals surface area contributed by atoms with Gasteiger partial charge in [-0.05, 0) is 30.3 Å². The zero-order chi connectivity index (χ0) is 20.3. The van der Waals surface area contributed by atoms with Gasteiger partial charge < -0.3 is 14.8 Å². The summed E-state index contributed by atoms with van der Waals surface area (Å²) in [6.07, 6.45) is 3.22.